The number of hydrogen-bond donors (Lipinski definition) is 4. The van der Waals surface area contributed by atoms with E-state index < -0.39 is 10.0 Å². The summed E-state index contributed by atoms with van der Waals surface area (Å²) in [6.45, 7) is 0. The van der Waals surface area contributed by atoms with E-state index in [1.54, 1.807) is 0 Å². The van der Waals surface area contributed by atoms with E-state index in [1.807, 2.05) is 97.1 Å². The molecule has 0 saturated carbocycles. The highest BCUT2D eigenvalue weighted by Crippen LogP contribution is 2.36. The quantitative estimate of drug-likeness (QED) is 0.176. The predicted molar refractivity (Wildman–Crippen MR) is 166 cm³/mol. The molecule has 4 aromatic carbocycles. The number of benzene rings is 4. The smallest absolute Gasteiger partial charge is 0.409 e. The maximum Gasteiger partial charge on any atom is 0.427 e. The molecule has 0 unspecified atom stereocenters. The van der Waals surface area contributed by atoms with E-state index in [4.69, 9.17) is 39.5 Å². The summed E-state index contributed by atoms with van der Waals surface area (Å²) in [4.78, 5) is 51.1. The minimum atomic E-state index is -0.917. The highest BCUT2D eigenvalue weighted by atomic mass is 28.2. The molecule has 0 atom stereocenters. The summed E-state index contributed by atoms with van der Waals surface area (Å²) in [5.74, 6) is 2.39. The number of aromatic nitrogens is 8. The van der Waals surface area contributed by atoms with Gasteiger partial charge < -0.3 is 19.6 Å². The molecule has 4 N–H and O–H groups in total. The van der Waals surface area contributed by atoms with Crippen molar-refractivity contribution in [1.82, 2.24) is 39.9 Å². The maximum atomic E-state index is 7.15. The Kier molecular flexibility index (Phi) is 5.86. The van der Waals surface area contributed by atoms with Gasteiger partial charge in [0.15, 0.2) is 23.3 Å². The van der Waals surface area contributed by atoms with Crippen molar-refractivity contribution in [2.24, 2.45) is 0 Å². The van der Waals surface area contributed by atoms with Crippen LogP contribution < -0.4 is 0 Å². The molecule has 0 amide bonds. The van der Waals surface area contributed by atoms with Gasteiger partial charge in [-0.05, 0) is 0 Å². The Morgan fingerprint density at radius 2 is 0.605 bits per heavy atom. The minimum Gasteiger partial charge on any atom is -0.409 e. The molecule has 7 aromatic rings. The Morgan fingerprint density at radius 3 is 0.860 bits per heavy atom. The average Bonchev–Trinajstić information content (AvgIpc) is 3.77. The van der Waals surface area contributed by atoms with Crippen molar-refractivity contribution in [2.45, 2.75) is 0 Å². The van der Waals surface area contributed by atoms with Crippen molar-refractivity contribution in [3.05, 3.63) is 97.1 Å². The standard InChI is InChI=1S/C32H18N8.H2O2Si/c1-2-10-18-17(9-1)25-33-26(18)38-28-21-13-5-6-14-22(21)30(35-28)40-32-24-16-8-7-15-23(24)31(36-32)39-29-20-12-4-3-11-19(20)27(34-29)37-25;1-3-2/h1-16H,(H2,33,34,35,36,37,38,39,40);1-2H. The zero-order chi connectivity index (χ0) is 28.9. The third-order valence-electron chi connectivity index (χ3n) is 7.46. The van der Waals surface area contributed by atoms with Crippen LogP contribution in [0.1, 0.15) is 0 Å². The van der Waals surface area contributed by atoms with Crippen LogP contribution in [0.5, 0.6) is 0 Å². The summed E-state index contributed by atoms with van der Waals surface area (Å²) in [7, 11) is -0.917. The van der Waals surface area contributed by atoms with Crippen LogP contribution in [0.4, 0.5) is 0 Å². The van der Waals surface area contributed by atoms with Gasteiger partial charge in [-0.1, -0.05) is 97.1 Å². The molecule has 43 heavy (non-hydrogen) atoms. The van der Waals surface area contributed by atoms with Gasteiger partial charge in [-0.3, -0.25) is 0 Å². The van der Waals surface area contributed by atoms with Crippen LogP contribution >= 0.6 is 0 Å². The van der Waals surface area contributed by atoms with E-state index in [0.29, 0.717) is 45.9 Å². The van der Waals surface area contributed by atoms with Gasteiger partial charge in [-0.25, -0.2) is 29.9 Å². The van der Waals surface area contributed by atoms with Crippen molar-refractivity contribution in [3.8, 4) is 45.6 Å². The molecule has 204 valence electrons. The van der Waals surface area contributed by atoms with Gasteiger partial charge in [0.1, 0.15) is 22.6 Å². The first-order valence-corrected chi connectivity index (χ1v) is 14.3. The first-order chi connectivity index (χ1) is 21.2. The second kappa shape index (κ2) is 10.0. The third-order valence-corrected chi connectivity index (χ3v) is 7.46. The molecule has 5 heterocycles. The van der Waals surface area contributed by atoms with Gasteiger partial charge in [0, 0.05) is 43.8 Å². The van der Waals surface area contributed by atoms with Crippen LogP contribution in [-0.2, 0) is 0 Å². The highest BCUT2D eigenvalue weighted by Gasteiger charge is 2.21. The highest BCUT2D eigenvalue weighted by molar-refractivity contribution is 6.13. The molecule has 11 heteroatoms. The molecule has 0 spiro atoms. The van der Waals surface area contributed by atoms with Crippen LogP contribution in [0.15, 0.2) is 97.1 Å². The summed E-state index contributed by atoms with van der Waals surface area (Å²) in [6.07, 6.45) is 0. The lowest BCUT2D eigenvalue weighted by atomic mass is 10.1. The molecule has 2 aliphatic heterocycles. The maximum absolute atomic E-state index is 7.15. The number of nitrogens with one attached hydrogen (secondary N) is 2. The van der Waals surface area contributed by atoms with Crippen LogP contribution in [0, 0.1) is 0 Å². The van der Waals surface area contributed by atoms with Gasteiger partial charge in [0.25, 0.3) is 0 Å². The first kappa shape index (κ1) is 25.1. The zero-order valence-electron chi connectivity index (χ0n) is 22.3. The summed E-state index contributed by atoms with van der Waals surface area (Å²) in [5, 5.41) is 3.82. The normalized spacial score (nSPS) is 11.6. The largest absolute Gasteiger partial charge is 0.427 e. The Hall–Kier alpha value is -5.62. The minimum absolute atomic E-state index is 0.597. The lowest BCUT2D eigenvalue weighted by Crippen LogP contribution is -1.82. The van der Waals surface area contributed by atoms with Crippen molar-refractivity contribution < 1.29 is 9.59 Å². The second-order valence-corrected chi connectivity index (χ2v) is 10.1. The number of nitrogens with zero attached hydrogens (tertiary/aromatic N) is 6. The van der Waals surface area contributed by atoms with Crippen molar-refractivity contribution in [1.29, 1.82) is 0 Å². The number of hydrogen-bond acceptors (Lipinski definition) is 8. The lowest BCUT2D eigenvalue weighted by Gasteiger charge is -1.96. The number of aromatic amines is 2. The molecule has 0 aliphatic carbocycles. The summed E-state index contributed by atoms with van der Waals surface area (Å²) in [6, 6.07) is 32.2. The fraction of sp³-hybridized carbons (Fsp3) is 0. The molecule has 8 bridgehead atoms. The molecule has 3 aromatic heterocycles. The van der Waals surface area contributed by atoms with E-state index in [1.165, 1.54) is 0 Å². The molecular weight excluding hydrogens is 556 g/mol. The van der Waals surface area contributed by atoms with Crippen LogP contribution in [-0.4, -0.2) is 59.5 Å². The van der Waals surface area contributed by atoms with Gasteiger partial charge in [0.2, 0.25) is 0 Å². The monoisotopic (exact) mass is 576 g/mol. The summed E-state index contributed by atoms with van der Waals surface area (Å²) < 4.78 is 0. The van der Waals surface area contributed by atoms with Gasteiger partial charge >= 0.3 is 10.0 Å². The molecule has 0 fully saturated rings. The van der Waals surface area contributed by atoms with E-state index >= 15 is 0 Å². The van der Waals surface area contributed by atoms with Crippen molar-refractivity contribution >= 4 is 54.1 Å². The Labute approximate surface area is 245 Å². The zero-order valence-corrected chi connectivity index (χ0v) is 23.3. The summed E-state index contributed by atoms with van der Waals surface area (Å²) in [5.41, 5.74) is 6.45. The molecule has 2 aliphatic rings. The SMILES string of the molecule is O[Si]O.c1ccc2c(c1)-c1nc-2nc2[nH]c(nc3nc(nc4[nH]c(n1)c1ccccc41)-c1ccccc1-3)c1ccccc21. The first-order valence-electron chi connectivity index (χ1n) is 13.4. The lowest BCUT2D eigenvalue weighted by molar-refractivity contribution is 0.448. The van der Waals surface area contributed by atoms with E-state index in [2.05, 4.69) is 9.97 Å². The van der Waals surface area contributed by atoms with Gasteiger partial charge in [-0.15, -0.1) is 0 Å². The Balaban J connectivity index is 0.000000892. The van der Waals surface area contributed by atoms with Crippen molar-refractivity contribution in [2.75, 3.05) is 0 Å². The molecule has 0 saturated heterocycles. The average molecular weight is 577 g/mol. The molecular formula is C32H20N8O2Si. The molecule has 9 rings (SSSR count). The Bertz CT molecular complexity index is 2060. The van der Waals surface area contributed by atoms with Crippen LogP contribution in [0.25, 0.3) is 89.7 Å². The molecule has 2 radical (unpaired) electrons. The number of H-pyrrole nitrogens is 2. The topological polar surface area (TPSA) is 149 Å². The predicted octanol–water partition coefficient (Wildman–Crippen LogP) is 5.37. The van der Waals surface area contributed by atoms with E-state index in [-0.39, 0.29) is 0 Å². The molecule has 10 nitrogen and oxygen atoms in total. The van der Waals surface area contributed by atoms with Gasteiger partial charge in [-0.2, -0.15) is 0 Å². The second-order valence-electron chi connectivity index (χ2n) is 9.89. The van der Waals surface area contributed by atoms with Crippen LogP contribution in [0.3, 0.4) is 0 Å². The van der Waals surface area contributed by atoms with Gasteiger partial charge in [0.05, 0.1) is 0 Å². The fourth-order valence-corrected chi connectivity index (χ4v) is 5.59. The van der Waals surface area contributed by atoms with Crippen LogP contribution in [0.2, 0.25) is 0 Å². The number of rotatable bonds is 0. The van der Waals surface area contributed by atoms with Crippen molar-refractivity contribution in [3.63, 3.8) is 0 Å². The third kappa shape index (κ3) is 4.10. The van der Waals surface area contributed by atoms with E-state index in [0.717, 1.165) is 43.8 Å². The Morgan fingerprint density at radius 1 is 0.372 bits per heavy atom. The van der Waals surface area contributed by atoms with E-state index in [9.17, 15) is 0 Å². The summed E-state index contributed by atoms with van der Waals surface area (Å²) >= 11 is 0. The fourth-order valence-electron chi connectivity index (χ4n) is 5.59. The number of fused-ring (bicyclic) bond motifs is 20.